The lowest BCUT2D eigenvalue weighted by molar-refractivity contribution is -0.922. The number of aryl methyl sites for hydroxylation is 2. The van der Waals surface area contributed by atoms with Crippen LogP contribution in [0.1, 0.15) is 43.5 Å². The molecule has 1 fully saturated rings. The average molecular weight is 419 g/mol. The molecule has 4 rings (SSSR count). The van der Waals surface area contributed by atoms with Crippen LogP contribution in [0, 0.1) is 0 Å². The van der Waals surface area contributed by atoms with Crippen molar-refractivity contribution < 1.29 is 14.4 Å². The molecule has 8 heteroatoms. The third-order valence-corrected chi connectivity index (χ3v) is 6.64. The highest BCUT2D eigenvalue weighted by Crippen LogP contribution is 2.40. The standard InChI is InChI=1S/C21H31N5O2S/c1-21(2,3)24-17(27)13-25(4)19-18-14-6-5-7-15(14)29-20(18)23-16(22-19)12-26-8-10-28-11-9-26/h5-13H2,1-4H3,(H,24,27)/p+1. The Morgan fingerprint density at radius 1 is 1.24 bits per heavy atom. The van der Waals surface area contributed by atoms with Crippen molar-refractivity contribution in [2.24, 2.45) is 0 Å². The summed E-state index contributed by atoms with van der Waals surface area (Å²) in [7, 11) is 1.97. The van der Waals surface area contributed by atoms with Crippen molar-refractivity contribution >= 4 is 33.3 Å². The fourth-order valence-electron chi connectivity index (χ4n) is 4.18. The summed E-state index contributed by atoms with van der Waals surface area (Å²) in [6.45, 7) is 10.7. The highest BCUT2D eigenvalue weighted by atomic mass is 32.1. The predicted molar refractivity (Wildman–Crippen MR) is 116 cm³/mol. The van der Waals surface area contributed by atoms with Gasteiger partial charge in [-0.15, -0.1) is 11.3 Å². The van der Waals surface area contributed by atoms with Gasteiger partial charge in [-0.05, 0) is 45.6 Å². The number of amides is 1. The first-order chi connectivity index (χ1) is 13.8. The molecule has 1 saturated heterocycles. The molecular formula is C21H32N5O2S+. The van der Waals surface area contributed by atoms with E-state index in [9.17, 15) is 4.79 Å². The zero-order chi connectivity index (χ0) is 20.6. The molecule has 7 nitrogen and oxygen atoms in total. The van der Waals surface area contributed by atoms with Crippen LogP contribution in [0.3, 0.4) is 0 Å². The van der Waals surface area contributed by atoms with Gasteiger partial charge in [0.25, 0.3) is 0 Å². The molecule has 158 valence electrons. The van der Waals surface area contributed by atoms with Gasteiger partial charge >= 0.3 is 0 Å². The SMILES string of the molecule is CN(CC(=O)NC(C)(C)C)c1nc(C[NH+]2CCOCC2)nc2sc3c(c12)CCC3. The average Bonchev–Trinajstić information content (AvgIpc) is 3.21. The van der Waals surface area contributed by atoms with E-state index in [1.54, 1.807) is 0 Å². The van der Waals surface area contributed by atoms with E-state index in [0.717, 1.165) is 67.5 Å². The number of nitrogens with zero attached hydrogens (tertiary/aromatic N) is 3. The Labute approximate surface area is 176 Å². The quantitative estimate of drug-likeness (QED) is 0.756. The first-order valence-corrected chi connectivity index (χ1v) is 11.4. The molecule has 2 aromatic heterocycles. The van der Waals surface area contributed by atoms with Gasteiger partial charge in [-0.25, -0.2) is 9.97 Å². The van der Waals surface area contributed by atoms with E-state index >= 15 is 0 Å². The van der Waals surface area contributed by atoms with Crippen molar-refractivity contribution in [3.8, 4) is 0 Å². The summed E-state index contributed by atoms with van der Waals surface area (Å²) in [6, 6.07) is 0. The van der Waals surface area contributed by atoms with Gasteiger partial charge in [-0.1, -0.05) is 0 Å². The molecule has 0 bridgehead atoms. The van der Waals surface area contributed by atoms with Crippen molar-refractivity contribution in [1.82, 2.24) is 15.3 Å². The number of hydrogen-bond acceptors (Lipinski definition) is 6. The van der Waals surface area contributed by atoms with Crippen LogP contribution in [-0.2, 0) is 28.9 Å². The molecule has 0 unspecified atom stereocenters. The van der Waals surface area contributed by atoms with E-state index < -0.39 is 0 Å². The first-order valence-electron chi connectivity index (χ1n) is 10.5. The number of fused-ring (bicyclic) bond motifs is 3. The van der Waals surface area contributed by atoms with Crippen LogP contribution in [0.5, 0.6) is 0 Å². The summed E-state index contributed by atoms with van der Waals surface area (Å²) in [5.74, 6) is 1.78. The molecule has 0 atom stereocenters. The lowest BCUT2D eigenvalue weighted by Crippen LogP contribution is -3.12. The minimum atomic E-state index is -0.243. The highest BCUT2D eigenvalue weighted by molar-refractivity contribution is 7.19. The number of morpholine rings is 1. The minimum absolute atomic E-state index is 0.0130. The van der Waals surface area contributed by atoms with Gasteiger partial charge in [0.15, 0.2) is 5.82 Å². The maximum atomic E-state index is 12.5. The Hall–Kier alpha value is -1.77. The van der Waals surface area contributed by atoms with E-state index in [4.69, 9.17) is 14.7 Å². The monoisotopic (exact) mass is 418 g/mol. The molecular weight excluding hydrogens is 386 g/mol. The van der Waals surface area contributed by atoms with Crippen LogP contribution in [-0.4, -0.2) is 61.3 Å². The molecule has 0 aromatic carbocycles. The van der Waals surface area contributed by atoms with Crippen molar-refractivity contribution in [3.05, 3.63) is 16.3 Å². The summed E-state index contributed by atoms with van der Waals surface area (Å²) >= 11 is 1.81. The maximum absolute atomic E-state index is 12.5. The van der Waals surface area contributed by atoms with Crippen molar-refractivity contribution in [2.45, 2.75) is 52.1 Å². The van der Waals surface area contributed by atoms with Gasteiger partial charge in [0, 0.05) is 17.5 Å². The minimum Gasteiger partial charge on any atom is -0.370 e. The van der Waals surface area contributed by atoms with Crippen LogP contribution in [0.15, 0.2) is 0 Å². The van der Waals surface area contributed by atoms with Crippen LogP contribution in [0.4, 0.5) is 5.82 Å². The largest absolute Gasteiger partial charge is 0.370 e. The van der Waals surface area contributed by atoms with E-state index in [0.29, 0.717) is 0 Å². The van der Waals surface area contributed by atoms with E-state index in [2.05, 4.69) is 5.32 Å². The third-order valence-electron chi connectivity index (χ3n) is 5.46. The van der Waals surface area contributed by atoms with Gasteiger partial charge in [0.05, 0.1) is 25.1 Å². The topological polar surface area (TPSA) is 71.8 Å². The number of ether oxygens (including phenoxy) is 1. The molecule has 0 radical (unpaired) electrons. The summed E-state index contributed by atoms with van der Waals surface area (Å²) in [6.07, 6.45) is 3.42. The summed E-state index contributed by atoms with van der Waals surface area (Å²) < 4.78 is 5.48. The van der Waals surface area contributed by atoms with Gasteiger partial charge in [0.1, 0.15) is 30.3 Å². The van der Waals surface area contributed by atoms with Crippen LogP contribution in [0.25, 0.3) is 10.2 Å². The first kappa shape index (κ1) is 20.5. The maximum Gasteiger partial charge on any atom is 0.239 e. The van der Waals surface area contributed by atoms with Crippen molar-refractivity contribution in [3.63, 3.8) is 0 Å². The Morgan fingerprint density at radius 2 is 2.00 bits per heavy atom. The Bertz CT molecular complexity index is 899. The lowest BCUT2D eigenvalue weighted by Gasteiger charge is -2.25. The molecule has 0 saturated carbocycles. The number of aromatic nitrogens is 2. The van der Waals surface area contributed by atoms with E-state index in [1.165, 1.54) is 21.8 Å². The number of anilines is 1. The van der Waals surface area contributed by atoms with Gasteiger partial charge in [-0.3, -0.25) is 4.79 Å². The predicted octanol–water partition coefficient (Wildman–Crippen LogP) is 0.946. The lowest BCUT2D eigenvalue weighted by atomic mass is 10.1. The second-order valence-corrected chi connectivity index (χ2v) is 10.3. The molecule has 2 N–H and O–H groups in total. The van der Waals surface area contributed by atoms with Crippen molar-refractivity contribution in [1.29, 1.82) is 0 Å². The van der Waals surface area contributed by atoms with Gasteiger partial charge in [-0.2, -0.15) is 0 Å². The smallest absolute Gasteiger partial charge is 0.239 e. The fourth-order valence-corrected chi connectivity index (χ4v) is 5.46. The number of thiophene rings is 1. The summed E-state index contributed by atoms with van der Waals surface area (Å²) in [5.41, 5.74) is 1.15. The number of likely N-dealkylation sites (N-methyl/N-ethyl adjacent to an activating group) is 1. The zero-order valence-electron chi connectivity index (χ0n) is 17.9. The Balaban J connectivity index is 1.65. The fraction of sp³-hybridized carbons (Fsp3) is 0.667. The zero-order valence-corrected chi connectivity index (χ0v) is 18.7. The molecule has 3 heterocycles. The molecule has 1 aliphatic carbocycles. The number of quaternary nitrogens is 1. The molecule has 2 aliphatic rings. The molecule has 0 spiro atoms. The summed E-state index contributed by atoms with van der Waals surface area (Å²) in [5, 5.41) is 4.22. The van der Waals surface area contributed by atoms with Crippen LogP contribution >= 0.6 is 11.3 Å². The Kier molecular flexibility index (Phi) is 5.77. The molecule has 1 aliphatic heterocycles. The Morgan fingerprint density at radius 3 is 2.72 bits per heavy atom. The van der Waals surface area contributed by atoms with Crippen LogP contribution < -0.4 is 15.1 Å². The molecule has 29 heavy (non-hydrogen) atoms. The van der Waals surface area contributed by atoms with Gasteiger partial charge in [0.2, 0.25) is 5.91 Å². The number of hydrogen-bond donors (Lipinski definition) is 2. The van der Waals surface area contributed by atoms with E-state index in [1.807, 2.05) is 44.1 Å². The third kappa shape index (κ3) is 4.70. The summed E-state index contributed by atoms with van der Waals surface area (Å²) in [4.78, 5) is 28.4. The number of nitrogens with one attached hydrogen (secondary N) is 2. The van der Waals surface area contributed by atoms with E-state index in [-0.39, 0.29) is 18.0 Å². The second kappa shape index (κ2) is 8.16. The normalized spacial score (nSPS) is 17.5. The van der Waals surface area contributed by atoms with Crippen molar-refractivity contribution in [2.75, 3.05) is 44.8 Å². The number of carbonyl (C=O) groups excluding carboxylic acids is 1. The van der Waals surface area contributed by atoms with Crippen LogP contribution in [0.2, 0.25) is 0 Å². The highest BCUT2D eigenvalue weighted by Gasteiger charge is 2.26. The molecule has 2 aromatic rings. The van der Waals surface area contributed by atoms with Gasteiger partial charge < -0.3 is 19.9 Å². The number of rotatable bonds is 5. The number of carbonyl (C=O) groups is 1. The second-order valence-electron chi connectivity index (χ2n) is 9.19. The molecule has 1 amide bonds.